The lowest BCUT2D eigenvalue weighted by Crippen LogP contribution is -2.45. The Balaban J connectivity index is 1.36. The molecule has 6 heteroatoms. The molecular formula is C19H22N4OS. The molecule has 5 rings (SSSR count). The first-order valence-corrected chi connectivity index (χ1v) is 10.3. The number of hydrogen-bond acceptors (Lipinski definition) is 6. The maximum absolute atomic E-state index is 5.93. The fourth-order valence-electron chi connectivity index (χ4n) is 3.98. The van der Waals surface area contributed by atoms with Crippen LogP contribution in [-0.4, -0.2) is 40.6 Å². The largest absolute Gasteiger partial charge is 0.389 e. The first-order chi connectivity index (χ1) is 12.3. The highest BCUT2D eigenvalue weighted by Gasteiger charge is 2.45. The second-order valence-electron chi connectivity index (χ2n) is 7.38. The van der Waals surface area contributed by atoms with Gasteiger partial charge in [0.1, 0.15) is 17.7 Å². The summed E-state index contributed by atoms with van der Waals surface area (Å²) in [5.74, 6) is 1.77. The van der Waals surface area contributed by atoms with Gasteiger partial charge in [-0.05, 0) is 37.3 Å². The molecule has 1 aromatic carbocycles. The van der Waals surface area contributed by atoms with E-state index in [1.807, 2.05) is 0 Å². The van der Waals surface area contributed by atoms with Crippen molar-refractivity contribution < 1.29 is 4.84 Å². The molecule has 0 amide bonds. The van der Waals surface area contributed by atoms with Crippen molar-refractivity contribution in [1.82, 2.24) is 9.97 Å². The lowest BCUT2D eigenvalue weighted by Gasteiger charge is -2.38. The Morgan fingerprint density at radius 1 is 1.20 bits per heavy atom. The van der Waals surface area contributed by atoms with Crippen LogP contribution in [0.3, 0.4) is 0 Å². The van der Waals surface area contributed by atoms with Crippen molar-refractivity contribution in [3.63, 3.8) is 0 Å². The Morgan fingerprint density at radius 2 is 2.04 bits per heavy atom. The second-order valence-corrected chi connectivity index (χ2v) is 8.26. The Morgan fingerprint density at radius 3 is 2.80 bits per heavy atom. The number of nitrogens with zero attached hydrogens (tertiary/aromatic N) is 4. The number of rotatable bonds is 3. The number of aromatic nitrogens is 2. The highest BCUT2D eigenvalue weighted by molar-refractivity contribution is 7.98. The van der Waals surface area contributed by atoms with E-state index >= 15 is 0 Å². The third-order valence-corrected chi connectivity index (χ3v) is 6.43. The van der Waals surface area contributed by atoms with E-state index in [0.717, 1.165) is 49.1 Å². The number of fused-ring (bicyclic) bond motifs is 1. The minimum Gasteiger partial charge on any atom is -0.389 e. The van der Waals surface area contributed by atoms with Crippen LogP contribution in [0.1, 0.15) is 32.1 Å². The van der Waals surface area contributed by atoms with Gasteiger partial charge in [0.25, 0.3) is 0 Å². The minimum atomic E-state index is -0.0539. The smallest absolute Gasteiger partial charge is 0.146 e. The van der Waals surface area contributed by atoms with E-state index in [0.29, 0.717) is 5.92 Å². The summed E-state index contributed by atoms with van der Waals surface area (Å²) in [5.41, 5.74) is 2.27. The fourth-order valence-corrected chi connectivity index (χ4v) is 4.42. The lowest BCUT2D eigenvalue weighted by atomic mass is 9.86. The number of anilines is 1. The first-order valence-electron chi connectivity index (χ1n) is 9.05. The van der Waals surface area contributed by atoms with Gasteiger partial charge in [-0.25, -0.2) is 9.97 Å². The van der Waals surface area contributed by atoms with Gasteiger partial charge in [0.2, 0.25) is 0 Å². The van der Waals surface area contributed by atoms with E-state index in [1.54, 1.807) is 18.1 Å². The van der Waals surface area contributed by atoms with Gasteiger partial charge >= 0.3 is 0 Å². The molecule has 5 nitrogen and oxygen atoms in total. The Hall–Kier alpha value is -1.82. The number of oxime groups is 1. The van der Waals surface area contributed by atoms with Gasteiger partial charge < -0.3 is 9.74 Å². The molecule has 0 unspecified atom stereocenters. The predicted molar refractivity (Wildman–Crippen MR) is 101 cm³/mol. The average molecular weight is 354 g/mol. The molecule has 2 aromatic rings. The van der Waals surface area contributed by atoms with Crippen LogP contribution in [-0.2, 0) is 4.84 Å². The van der Waals surface area contributed by atoms with E-state index in [2.05, 4.69) is 44.5 Å². The lowest BCUT2D eigenvalue weighted by molar-refractivity contribution is -0.0360. The van der Waals surface area contributed by atoms with Crippen molar-refractivity contribution in [2.45, 2.75) is 42.6 Å². The second kappa shape index (κ2) is 5.87. The molecular weight excluding hydrogens is 332 g/mol. The fraction of sp³-hybridized carbons (Fsp3) is 0.526. The van der Waals surface area contributed by atoms with Gasteiger partial charge in [-0.2, -0.15) is 0 Å². The molecule has 1 saturated heterocycles. The summed E-state index contributed by atoms with van der Waals surface area (Å²) in [5, 5.41) is 5.56. The van der Waals surface area contributed by atoms with Gasteiger partial charge in [0.05, 0.1) is 11.2 Å². The SMILES string of the molecule is CSc1ccc2ncnc(N3CCC4(CC3)CC(C3CC3)=NO4)c2c1. The van der Waals surface area contributed by atoms with Crippen LogP contribution < -0.4 is 4.90 Å². The molecule has 1 saturated carbocycles. The van der Waals surface area contributed by atoms with Crippen molar-refractivity contribution in [1.29, 1.82) is 0 Å². The Labute approximate surface area is 151 Å². The van der Waals surface area contributed by atoms with Crippen LogP contribution >= 0.6 is 11.8 Å². The Bertz CT molecular complexity index is 840. The minimum absolute atomic E-state index is 0.0539. The van der Waals surface area contributed by atoms with Crippen LogP contribution in [0, 0.1) is 5.92 Å². The van der Waals surface area contributed by atoms with Gasteiger partial charge in [0.15, 0.2) is 0 Å². The standard InChI is InChI=1S/C19H22N4OS/c1-25-14-4-5-16-15(10-14)18(21-12-20-16)23-8-6-19(7-9-23)11-17(22-24-19)13-2-3-13/h4-5,10,12-13H,2-3,6-9,11H2,1H3. The molecule has 25 heavy (non-hydrogen) atoms. The number of hydrogen-bond donors (Lipinski definition) is 0. The zero-order chi connectivity index (χ0) is 16.9. The van der Waals surface area contributed by atoms with Crippen LogP contribution in [0.4, 0.5) is 5.82 Å². The van der Waals surface area contributed by atoms with Gasteiger partial charge in [-0.3, -0.25) is 0 Å². The summed E-state index contributed by atoms with van der Waals surface area (Å²) in [4.78, 5) is 18.6. The summed E-state index contributed by atoms with van der Waals surface area (Å²) in [6, 6.07) is 6.42. The summed E-state index contributed by atoms with van der Waals surface area (Å²) in [6.07, 6.45) is 9.45. The van der Waals surface area contributed by atoms with E-state index in [4.69, 9.17) is 4.84 Å². The van der Waals surface area contributed by atoms with Gasteiger partial charge in [-0.1, -0.05) is 5.16 Å². The third-order valence-electron chi connectivity index (χ3n) is 5.70. The topological polar surface area (TPSA) is 50.6 Å². The number of thioether (sulfide) groups is 1. The monoisotopic (exact) mass is 354 g/mol. The van der Waals surface area contributed by atoms with Crippen molar-refractivity contribution in [2.24, 2.45) is 11.1 Å². The molecule has 0 atom stereocenters. The van der Waals surface area contributed by atoms with Crippen LogP contribution in [0.5, 0.6) is 0 Å². The molecule has 1 aromatic heterocycles. The van der Waals surface area contributed by atoms with E-state index in [1.165, 1.54) is 23.4 Å². The van der Waals surface area contributed by atoms with E-state index < -0.39 is 0 Å². The zero-order valence-corrected chi connectivity index (χ0v) is 15.3. The average Bonchev–Trinajstić information content (AvgIpc) is 3.44. The molecule has 0 bridgehead atoms. The maximum Gasteiger partial charge on any atom is 0.146 e. The maximum atomic E-state index is 5.93. The summed E-state index contributed by atoms with van der Waals surface area (Å²) in [6.45, 7) is 1.92. The first kappa shape index (κ1) is 15.4. The molecule has 1 aliphatic carbocycles. The summed E-state index contributed by atoms with van der Waals surface area (Å²) in [7, 11) is 0. The van der Waals surface area contributed by atoms with Crippen LogP contribution in [0.2, 0.25) is 0 Å². The highest BCUT2D eigenvalue weighted by atomic mass is 32.2. The quantitative estimate of drug-likeness (QED) is 0.783. The molecule has 2 aliphatic heterocycles. The normalized spacial score (nSPS) is 22.3. The number of benzene rings is 1. The third kappa shape index (κ3) is 2.76. The van der Waals surface area contributed by atoms with Gasteiger partial charge in [0, 0.05) is 48.6 Å². The summed E-state index contributed by atoms with van der Waals surface area (Å²) < 4.78 is 0. The van der Waals surface area contributed by atoms with Crippen LogP contribution in [0.25, 0.3) is 10.9 Å². The van der Waals surface area contributed by atoms with E-state index in [-0.39, 0.29) is 5.60 Å². The molecule has 3 aliphatic rings. The van der Waals surface area contributed by atoms with Crippen molar-refractivity contribution in [2.75, 3.05) is 24.2 Å². The van der Waals surface area contributed by atoms with Crippen molar-refractivity contribution >= 4 is 34.2 Å². The number of piperidine rings is 1. The molecule has 130 valence electrons. The molecule has 0 N–H and O–H groups in total. The van der Waals surface area contributed by atoms with Crippen molar-refractivity contribution in [3.05, 3.63) is 24.5 Å². The molecule has 3 heterocycles. The highest BCUT2D eigenvalue weighted by Crippen LogP contribution is 2.42. The molecule has 2 fully saturated rings. The zero-order valence-electron chi connectivity index (χ0n) is 14.4. The van der Waals surface area contributed by atoms with Gasteiger partial charge in [-0.15, -0.1) is 11.8 Å². The van der Waals surface area contributed by atoms with Crippen molar-refractivity contribution in [3.8, 4) is 0 Å². The molecule has 1 spiro atoms. The van der Waals surface area contributed by atoms with Crippen LogP contribution in [0.15, 0.2) is 34.6 Å². The summed E-state index contributed by atoms with van der Waals surface area (Å²) >= 11 is 1.75. The Kier molecular flexibility index (Phi) is 3.62. The van der Waals surface area contributed by atoms with E-state index in [9.17, 15) is 0 Å². The predicted octanol–water partition coefficient (Wildman–Crippen LogP) is 3.88. The molecule has 0 radical (unpaired) electrons.